The molecule has 80 valence electrons. The Bertz CT molecular complexity index is 97.6. The maximum Gasteiger partial charge on any atom is 0.158 e. The van der Waals surface area contributed by atoms with Gasteiger partial charge in [-0.25, -0.2) is 0 Å². The molecular weight excluding hydrogens is 186 g/mol. The highest BCUT2D eigenvalue weighted by atomic mass is 32.2. The molecule has 0 spiro atoms. The summed E-state index contributed by atoms with van der Waals surface area (Å²) in [5.74, 6) is 2.08. The van der Waals surface area contributed by atoms with Gasteiger partial charge in [-0.3, -0.25) is 0 Å². The first-order valence-electron chi connectivity index (χ1n) is 4.86. The molecule has 0 aliphatic heterocycles. The van der Waals surface area contributed by atoms with Crippen LogP contribution in [0.5, 0.6) is 0 Å². The number of thioether (sulfide) groups is 1. The van der Waals surface area contributed by atoms with Crippen molar-refractivity contribution in [1.29, 1.82) is 0 Å². The van der Waals surface area contributed by atoms with Crippen LogP contribution in [0.15, 0.2) is 0 Å². The van der Waals surface area contributed by atoms with E-state index >= 15 is 0 Å². The molecule has 0 aliphatic rings. The Morgan fingerprint density at radius 1 is 1.15 bits per heavy atom. The van der Waals surface area contributed by atoms with Crippen LogP contribution in [0.3, 0.4) is 0 Å². The van der Waals surface area contributed by atoms with Crippen molar-refractivity contribution in [2.45, 2.75) is 26.6 Å². The normalized spacial score (nSPS) is 11.1. The van der Waals surface area contributed by atoms with Crippen molar-refractivity contribution >= 4 is 11.8 Å². The third kappa shape index (κ3) is 8.56. The van der Waals surface area contributed by atoms with E-state index in [-0.39, 0.29) is 6.29 Å². The molecule has 4 heteroatoms. The van der Waals surface area contributed by atoms with Crippen molar-refractivity contribution in [2.75, 3.05) is 31.3 Å². The number of rotatable bonds is 9. The zero-order valence-corrected chi connectivity index (χ0v) is 9.44. The summed E-state index contributed by atoms with van der Waals surface area (Å²) >= 11 is 1.85. The van der Waals surface area contributed by atoms with Crippen LogP contribution in [0, 0.1) is 0 Å². The monoisotopic (exact) mass is 207 g/mol. The van der Waals surface area contributed by atoms with E-state index < -0.39 is 0 Å². The molecule has 0 aromatic heterocycles. The molecule has 3 nitrogen and oxygen atoms in total. The lowest BCUT2D eigenvalue weighted by molar-refractivity contribution is -0.136. The van der Waals surface area contributed by atoms with Gasteiger partial charge in [0.1, 0.15) is 0 Å². The summed E-state index contributed by atoms with van der Waals surface area (Å²) in [6, 6.07) is 0. The van der Waals surface area contributed by atoms with Crippen molar-refractivity contribution in [3.05, 3.63) is 0 Å². The molecule has 0 aliphatic carbocycles. The van der Waals surface area contributed by atoms with E-state index in [0.717, 1.165) is 24.5 Å². The van der Waals surface area contributed by atoms with Crippen LogP contribution < -0.4 is 5.73 Å². The van der Waals surface area contributed by atoms with Gasteiger partial charge in [0.15, 0.2) is 6.29 Å². The molecule has 0 fully saturated rings. The van der Waals surface area contributed by atoms with Crippen LogP contribution in [0.1, 0.15) is 20.3 Å². The Morgan fingerprint density at radius 2 is 1.77 bits per heavy atom. The van der Waals surface area contributed by atoms with E-state index in [9.17, 15) is 0 Å². The lowest BCUT2D eigenvalue weighted by atomic mass is 10.5. The highest BCUT2D eigenvalue weighted by Gasteiger charge is 2.06. The first-order chi connectivity index (χ1) is 6.35. The van der Waals surface area contributed by atoms with Crippen LogP contribution >= 0.6 is 11.8 Å². The zero-order chi connectivity index (χ0) is 9.94. The summed E-state index contributed by atoms with van der Waals surface area (Å²) in [6.45, 7) is 6.15. The molecule has 0 amide bonds. The van der Waals surface area contributed by atoms with E-state index in [4.69, 9.17) is 15.2 Å². The van der Waals surface area contributed by atoms with Gasteiger partial charge >= 0.3 is 0 Å². The van der Waals surface area contributed by atoms with E-state index in [1.165, 1.54) is 0 Å². The number of hydrogen-bond donors (Lipinski definition) is 1. The van der Waals surface area contributed by atoms with E-state index in [0.29, 0.717) is 13.2 Å². The summed E-state index contributed by atoms with van der Waals surface area (Å²) in [7, 11) is 0. The van der Waals surface area contributed by atoms with E-state index in [1.54, 1.807) is 0 Å². The van der Waals surface area contributed by atoms with E-state index in [1.807, 2.05) is 25.6 Å². The van der Waals surface area contributed by atoms with Crippen molar-refractivity contribution < 1.29 is 9.47 Å². The average molecular weight is 207 g/mol. The SMILES string of the molecule is CCOC(CCSCCN)OCC. The Hall–Kier alpha value is 0.230. The Morgan fingerprint density at radius 3 is 2.23 bits per heavy atom. The first-order valence-corrected chi connectivity index (χ1v) is 6.01. The van der Waals surface area contributed by atoms with Gasteiger partial charge in [0, 0.05) is 31.9 Å². The molecule has 0 saturated carbocycles. The second-order valence-electron chi connectivity index (χ2n) is 2.53. The quantitative estimate of drug-likeness (QED) is 0.459. The van der Waals surface area contributed by atoms with Crippen molar-refractivity contribution in [1.82, 2.24) is 0 Å². The second-order valence-corrected chi connectivity index (χ2v) is 3.75. The topological polar surface area (TPSA) is 44.5 Å². The highest BCUT2D eigenvalue weighted by Crippen LogP contribution is 2.07. The molecule has 0 radical (unpaired) electrons. The minimum Gasteiger partial charge on any atom is -0.353 e. The summed E-state index contributed by atoms with van der Waals surface area (Å²) < 4.78 is 10.8. The zero-order valence-electron chi connectivity index (χ0n) is 8.62. The maximum absolute atomic E-state index is 5.40. The standard InChI is InChI=1S/C9H21NO2S/c1-3-11-9(12-4-2)5-7-13-8-6-10/h9H,3-8,10H2,1-2H3. The van der Waals surface area contributed by atoms with E-state index in [2.05, 4.69) is 0 Å². The van der Waals surface area contributed by atoms with Crippen LogP contribution in [-0.4, -0.2) is 37.6 Å². The Balaban J connectivity index is 3.33. The molecule has 0 bridgehead atoms. The predicted molar refractivity (Wildman–Crippen MR) is 58.0 cm³/mol. The molecule has 0 aromatic rings. The molecule has 0 heterocycles. The molecule has 0 unspecified atom stereocenters. The molecule has 0 saturated heterocycles. The van der Waals surface area contributed by atoms with Crippen molar-refractivity contribution in [3.63, 3.8) is 0 Å². The highest BCUT2D eigenvalue weighted by molar-refractivity contribution is 7.99. The van der Waals surface area contributed by atoms with Gasteiger partial charge in [-0.1, -0.05) is 0 Å². The molecule has 0 atom stereocenters. The van der Waals surface area contributed by atoms with Gasteiger partial charge < -0.3 is 15.2 Å². The summed E-state index contributed by atoms with van der Waals surface area (Å²) in [5, 5.41) is 0. The Labute approximate surface area is 85.3 Å². The third-order valence-corrected chi connectivity index (χ3v) is 2.51. The summed E-state index contributed by atoms with van der Waals surface area (Å²) in [5.41, 5.74) is 5.38. The molecule has 0 aromatic carbocycles. The van der Waals surface area contributed by atoms with Crippen LogP contribution in [-0.2, 0) is 9.47 Å². The fraction of sp³-hybridized carbons (Fsp3) is 1.00. The minimum atomic E-state index is -0.0275. The van der Waals surface area contributed by atoms with Gasteiger partial charge in [-0.15, -0.1) is 0 Å². The second kappa shape index (κ2) is 10.3. The number of nitrogens with two attached hydrogens (primary N) is 1. The molecule has 0 rings (SSSR count). The molecule has 13 heavy (non-hydrogen) atoms. The smallest absolute Gasteiger partial charge is 0.158 e. The Kier molecular flexibility index (Phi) is 10.5. The molecule has 2 N–H and O–H groups in total. The average Bonchev–Trinajstić information content (AvgIpc) is 2.13. The van der Waals surface area contributed by atoms with Crippen molar-refractivity contribution in [3.8, 4) is 0 Å². The third-order valence-electron chi connectivity index (χ3n) is 1.47. The predicted octanol–water partition coefficient (Wildman–Crippen LogP) is 1.47. The number of hydrogen-bond acceptors (Lipinski definition) is 4. The lowest BCUT2D eigenvalue weighted by Crippen LogP contribution is -2.18. The fourth-order valence-corrected chi connectivity index (χ4v) is 1.68. The summed E-state index contributed by atoms with van der Waals surface area (Å²) in [4.78, 5) is 0. The van der Waals surface area contributed by atoms with Gasteiger partial charge in [0.2, 0.25) is 0 Å². The van der Waals surface area contributed by atoms with Crippen molar-refractivity contribution in [2.24, 2.45) is 5.73 Å². The van der Waals surface area contributed by atoms with Gasteiger partial charge in [-0.2, -0.15) is 11.8 Å². The largest absolute Gasteiger partial charge is 0.353 e. The van der Waals surface area contributed by atoms with Gasteiger partial charge in [-0.05, 0) is 19.6 Å². The summed E-state index contributed by atoms with van der Waals surface area (Å²) in [6.07, 6.45) is 0.923. The molecular formula is C9H21NO2S. The fourth-order valence-electron chi connectivity index (χ4n) is 0.952. The van der Waals surface area contributed by atoms with Gasteiger partial charge in [0.25, 0.3) is 0 Å². The van der Waals surface area contributed by atoms with Crippen LogP contribution in [0.4, 0.5) is 0 Å². The van der Waals surface area contributed by atoms with Gasteiger partial charge in [0.05, 0.1) is 0 Å². The van der Waals surface area contributed by atoms with Crippen LogP contribution in [0.2, 0.25) is 0 Å². The maximum atomic E-state index is 5.40. The van der Waals surface area contributed by atoms with Crippen LogP contribution in [0.25, 0.3) is 0 Å². The minimum absolute atomic E-state index is 0.0275. The number of ether oxygens (including phenoxy) is 2. The lowest BCUT2D eigenvalue weighted by Gasteiger charge is -2.16. The first kappa shape index (κ1) is 13.2.